The van der Waals surface area contributed by atoms with E-state index in [1.54, 1.807) is 7.11 Å². The van der Waals surface area contributed by atoms with E-state index in [4.69, 9.17) is 4.74 Å². The van der Waals surface area contributed by atoms with Crippen molar-refractivity contribution in [2.75, 3.05) is 13.7 Å². The van der Waals surface area contributed by atoms with E-state index in [0.29, 0.717) is 17.9 Å². The van der Waals surface area contributed by atoms with Gasteiger partial charge in [-0.25, -0.2) is 0 Å². The summed E-state index contributed by atoms with van der Waals surface area (Å²) in [5, 5.41) is 9.54. The van der Waals surface area contributed by atoms with Crippen LogP contribution in [0.15, 0.2) is 0 Å². The van der Waals surface area contributed by atoms with E-state index in [2.05, 4.69) is 20.8 Å². The number of carbonyl (C=O) groups is 1. The highest BCUT2D eigenvalue weighted by Crippen LogP contribution is 2.47. The first-order valence-corrected chi connectivity index (χ1v) is 7.04. The first kappa shape index (κ1) is 15.5. The largest absolute Gasteiger partial charge is 0.481 e. The van der Waals surface area contributed by atoms with E-state index in [0.717, 1.165) is 38.5 Å². The fourth-order valence-corrected chi connectivity index (χ4v) is 3.16. The van der Waals surface area contributed by atoms with Crippen LogP contribution in [0.2, 0.25) is 0 Å². The van der Waals surface area contributed by atoms with Crippen molar-refractivity contribution < 1.29 is 14.6 Å². The molecule has 1 aliphatic rings. The van der Waals surface area contributed by atoms with Crippen molar-refractivity contribution in [3.63, 3.8) is 0 Å². The molecule has 1 fully saturated rings. The third-order valence-corrected chi connectivity index (χ3v) is 4.62. The number of carboxylic acids is 1. The van der Waals surface area contributed by atoms with Crippen LogP contribution in [0, 0.1) is 16.7 Å². The van der Waals surface area contributed by atoms with E-state index < -0.39 is 11.4 Å². The van der Waals surface area contributed by atoms with Crippen molar-refractivity contribution in [1.29, 1.82) is 0 Å². The fraction of sp³-hybridized carbons (Fsp3) is 0.933. The van der Waals surface area contributed by atoms with Gasteiger partial charge in [-0.3, -0.25) is 4.79 Å². The van der Waals surface area contributed by atoms with Crippen molar-refractivity contribution in [3.8, 4) is 0 Å². The molecule has 0 aromatic carbocycles. The zero-order chi connectivity index (χ0) is 13.8. The Morgan fingerprint density at radius 3 is 2.28 bits per heavy atom. The minimum absolute atomic E-state index is 0.303. The molecule has 1 N–H and O–H groups in total. The maximum atomic E-state index is 11.6. The second-order valence-electron chi connectivity index (χ2n) is 6.82. The van der Waals surface area contributed by atoms with Crippen LogP contribution in [0.25, 0.3) is 0 Å². The summed E-state index contributed by atoms with van der Waals surface area (Å²) in [4.78, 5) is 11.6. The summed E-state index contributed by atoms with van der Waals surface area (Å²) < 4.78 is 5.04. The number of ether oxygens (including phenoxy) is 1. The molecule has 0 atom stereocenters. The molecule has 1 rings (SSSR count). The summed E-state index contributed by atoms with van der Waals surface area (Å²) in [5.41, 5.74) is -0.183. The summed E-state index contributed by atoms with van der Waals surface area (Å²) in [6.45, 7) is 7.45. The van der Waals surface area contributed by atoms with E-state index in [9.17, 15) is 9.90 Å². The highest BCUT2D eigenvalue weighted by atomic mass is 16.5. The average molecular weight is 256 g/mol. The van der Waals surface area contributed by atoms with Gasteiger partial charge in [0, 0.05) is 13.7 Å². The van der Waals surface area contributed by atoms with Gasteiger partial charge in [0.2, 0.25) is 0 Å². The lowest BCUT2D eigenvalue weighted by Crippen LogP contribution is -2.38. The predicted molar refractivity (Wildman–Crippen MR) is 72.6 cm³/mol. The first-order chi connectivity index (χ1) is 8.32. The van der Waals surface area contributed by atoms with Crippen LogP contribution in [0.5, 0.6) is 0 Å². The van der Waals surface area contributed by atoms with E-state index >= 15 is 0 Å². The molecule has 3 heteroatoms. The standard InChI is InChI=1S/C15H28O3/c1-14(2,3)12-6-9-15(10-7-12,13(16)17)8-5-11-18-4/h12H,5-11H2,1-4H3,(H,16,17). The van der Waals surface area contributed by atoms with Crippen molar-refractivity contribution >= 4 is 5.97 Å². The van der Waals surface area contributed by atoms with Crippen LogP contribution >= 0.6 is 0 Å². The zero-order valence-electron chi connectivity index (χ0n) is 12.3. The molecule has 18 heavy (non-hydrogen) atoms. The Morgan fingerprint density at radius 1 is 1.33 bits per heavy atom. The molecule has 0 aliphatic heterocycles. The first-order valence-electron chi connectivity index (χ1n) is 7.04. The third-order valence-electron chi connectivity index (χ3n) is 4.62. The highest BCUT2D eigenvalue weighted by Gasteiger charge is 2.43. The quantitative estimate of drug-likeness (QED) is 0.763. The highest BCUT2D eigenvalue weighted by molar-refractivity contribution is 5.74. The summed E-state index contributed by atoms with van der Waals surface area (Å²) in [5.74, 6) is 0.0540. The van der Waals surface area contributed by atoms with Crippen LogP contribution < -0.4 is 0 Å². The number of hydrogen-bond acceptors (Lipinski definition) is 2. The molecule has 0 amide bonds. The lowest BCUT2D eigenvalue weighted by Gasteiger charge is -2.41. The smallest absolute Gasteiger partial charge is 0.309 e. The molecule has 0 radical (unpaired) electrons. The number of rotatable bonds is 5. The number of hydrogen-bond donors (Lipinski definition) is 1. The van der Waals surface area contributed by atoms with Crippen molar-refractivity contribution in [2.24, 2.45) is 16.7 Å². The second-order valence-corrected chi connectivity index (χ2v) is 6.82. The molecule has 0 spiro atoms. The monoisotopic (exact) mass is 256 g/mol. The topological polar surface area (TPSA) is 46.5 Å². The van der Waals surface area contributed by atoms with Crippen LogP contribution in [-0.2, 0) is 9.53 Å². The minimum Gasteiger partial charge on any atom is -0.481 e. The molecule has 1 aliphatic carbocycles. The Balaban J connectivity index is 2.60. The van der Waals surface area contributed by atoms with Gasteiger partial charge in [-0.2, -0.15) is 0 Å². The van der Waals surface area contributed by atoms with Crippen LogP contribution in [0.3, 0.4) is 0 Å². The Bertz CT molecular complexity index is 270. The molecule has 0 bridgehead atoms. The number of methoxy groups -OCH3 is 1. The van der Waals surface area contributed by atoms with Gasteiger partial charge in [-0.15, -0.1) is 0 Å². The molecule has 0 unspecified atom stereocenters. The van der Waals surface area contributed by atoms with Crippen LogP contribution in [0.4, 0.5) is 0 Å². The van der Waals surface area contributed by atoms with Gasteiger partial charge < -0.3 is 9.84 Å². The van der Waals surface area contributed by atoms with Crippen LogP contribution in [-0.4, -0.2) is 24.8 Å². The summed E-state index contributed by atoms with van der Waals surface area (Å²) in [6, 6.07) is 0. The number of carboxylic acid groups (broad SMARTS) is 1. The lowest BCUT2D eigenvalue weighted by atomic mass is 9.63. The molecular formula is C15H28O3. The predicted octanol–water partition coefficient (Wildman–Crippen LogP) is 3.72. The molecule has 106 valence electrons. The average Bonchev–Trinajstić information content (AvgIpc) is 2.28. The zero-order valence-corrected chi connectivity index (χ0v) is 12.3. The third kappa shape index (κ3) is 3.71. The molecule has 1 saturated carbocycles. The minimum atomic E-state index is -0.606. The Hall–Kier alpha value is -0.570. The Labute approximate surface area is 111 Å². The van der Waals surface area contributed by atoms with Gasteiger partial charge in [0.1, 0.15) is 0 Å². The van der Waals surface area contributed by atoms with Gasteiger partial charge in [0.15, 0.2) is 0 Å². The molecular weight excluding hydrogens is 228 g/mol. The summed E-state index contributed by atoms with van der Waals surface area (Å²) >= 11 is 0. The lowest BCUT2D eigenvalue weighted by molar-refractivity contribution is -0.153. The van der Waals surface area contributed by atoms with Gasteiger partial charge in [0.05, 0.1) is 5.41 Å². The Kier molecular flexibility index (Phi) is 5.20. The van der Waals surface area contributed by atoms with Crippen LogP contribution in [0.1, 0.15) is 59.3 Å². The van der Waals surface area contributed by atoms with Crippen molar-refractivity contribution in [3.05, 3.63) is 0 Å². The van der Waals surface area contributed by atoms with Gasteiger partial charge in [-0.1, -0.05) is 20.8 Å². The van der Waals surface area contributed by atoms with Crippen molar-refractivity contribution in [1.82, 2.24) is 0 Å². The molecule has 3 nitrogen and oxygen atoms in total. The summed E-state index contributed by atoms with van der Waals surface area (Å²) in [6.07, 6.45) is 5.35. The van der Waals surface area contributed by atoms with Gasteiger partial charge in [0.25, 0.3) is 0 Å². The molecule has 0 aromatic heterocycles. The second kappa shape index (κ2) is 6.05. The van der Waals surface area contributed by atoms with Gasteiger partial charge in [-0.05, 0) is 49.9 Å². The maximum Gasteiger partial charge on any atom is 0.309 e. The molecule has 0 aromatic rings. The Morgan fingerprint density at radius 2 is 1.89 bits per heavy atom. The maximum absolute atomic E-state index is 11.6. The van der Waals surface area contributed by atoms with E-state index in [1.165, 1.54) is 0 Å². The fourth-order valence-electron chi connectivity index (χ4n) is 3.16. The van der Waals surface area contributed by atoms with E-state index in [1.807, 2.05) is 0 Å². The van der Waals surface area contributed by atoms with E-state index in [-0.39, 0.29) is 0 Å². The molecule has 0 heterocycles. The van der Waals surface area contributed by atoms with Crippen molar-refractivity contribution in [2.45, 2.75) is 59.3 Å². The molecule has 0 saturated heterocycles. The number of aliphatic carboxylic acids is 1. The normalized spacial score (nSPS) is 29.2. The SMILES string of the molecule is COCCCC1(C(=O)O)CCC(C(C)(C)C)CC1. The summed E-state index contributed by atoms with van der Waals surface area (Å²) in [7, 11) is 1.67. The van der Waals surface area contributed by atoms with Gasteiger partial charge >= 0.3 is 5.97 Å².